The highest BCUT2D eigenvalue weighted by molar-refractivity contribution is 6.09. The van der Waals surface area contributed by atoms with Gasteiger partial charge in [-0.25, -0.2) is 0 Å². The summed E-state index contributed by atoms with van der Waals surface area (Å²) in [6.45, 7) is 7.63. The van der Waals surface area contributed by atoms with E-state index in [4.69, 9.17) is 0 Å². The standard InChI is InChI=1S/C22H22N2O4/c1-3-9-23-18(25)12-16(20(23)26)15-11-17-19(14-8-6-5-7-13(14)15)22(28)24(10-4-2)21(17)27/h3-8,15-17,19H,1-2,9-12H2. The van der Waals surface area contributed by atoms with Crippen LogP contribution in [0, 0.1) is 11.8 Å². The van der Waals surface area contributed by atoms with E-state index in [1.807, 2.05) is 24.3 Å². The Morgan fingerprint density at radius 2 is 1.43 bits per heavy atom. The summed E-state index contributed by atoms with van der Waals surface area (Å²) in [7, 11) is 0. The first-order valence-electron chi connectivity index (χ1n) is 9.49. The molecule has 4 unspecified atom stereocenters. The van der Waals surface area contributed by atoms with Crippen LogP contribution in [0.2, 0.25) is 0 Å². The van der Waals surface area contributed by atoms with Gasteiger partial charge in [0.1, 0.15) is 0 Å². The summed E-state index contributed by atoms with van der Waals surface area (Å²) in [4.78, 5) is 53.5. The van der Waals surface area contributed by atoms with Crippen LogP contribution in [-0.2, 0) is 19.2 Å². The Labute approximate surface area is 163 Å². The molecule has 1 aromatic rings. The minimum absolute atomic E-state index is 0.127. The minimum atomic E-state index is -0.517. The topological polar surface area (TPSA) is 74.8 Å². The van der Waals surface area contributed by atoms with E-state index < -0.39 is 17.8 Å². The lowest BCUT2D eigenvalue weighted by molar-refractivity contribution is -0.141. The van der Waals surface area contributed by atoms with Gasteiger partial charge in [0.05, 0.1) is 17.8 Å². The molecule has 0 N–H and O–H groups in total. The molecule has 2 heterocycles. The van der Waals surface area contributed by atoms with Crippen molar-refractivity contribution in [2.45, 2.75) is 24.7 Å². The number of fused-ring (bicyclic) bond motifs is 3. The number of rotatable bonds is 5. The zero-order valence-corrected chi connectivity index (χ0v) is 15.5. The Morgan fingerprint density at radius 1 is 0.821 bits per heavy atom. The quantitative estimate of drug-likeness (QED) is 0.580. The molecular weight excluding hydrogens is 356 g/mol. The third-order valence-electron chi connectivity index (χ3n) is 6.14. The van der Waals surface area contributed by atoms with Crippen molar-refractivity contribution in [3.05, 3.63) is 60.7 Å². The predicted octanol–water partition coefficient (Wildman–Crippen LogP) is 1.99. The van der Waals surface area contributed by atoms with Crippen LogP contribution in [0.4, 0.5) is 0 Å². The van der Waals surface area contributed by atoms with Crippen molar-refractivity contribution in [2.24, 2.45) is 11.8 Å². The van der Waals surface area contributed by atoms with Gasteiger partial charge in [0.25, 0.3) is 0 Å². The molecule has 0 radical (unpaired) electrons. The third-order valence-corrected chi connectivity index (χ3v) is 6.14. The number of likely N-dealkylation sites (tertiary alicyclic amines) is 2. The molecule has 6 heteroatoms. The molecule has 4 atom stereocenters. The van der Waals surface area contributed by atoms with Crippen LogP contribution in [0.3, 0.4) is 0 Å². The van der Waals surface area contributed by atoms with Gasteiger partial charge in [0, 0.05) is 19.5 Å². The molecule has 3 aliphatic rings. The molecule has 4 amide bonds. The number of amides is 4. The van der Waals surface area contributed by atoms with Crippen LogP contribution in [0.15, 0.2) is 49.6 Å². The molecule has 1 aliphatic carbocycles. The smallest absolute Gasteiger partial charge is 0.237 e. The fraction of sp³-hybridized carbons (Fsp3) is 0.364. The first kappa shape index (κ1) is 18.3. The van der Waals surface area contributed by atoms with E-state index in [1.54, 1.807) is 6.08 Å². The molecule has 0 bridgehead atoms. The highest BCUT2D eigenvalue weighted by Crippen LogP contribution is 2.51. The molecule has 0 aromatic heterocycles. The van der Waals surface area contributed by atoms with Crippen molar-refractivity contribution < 1.29 is 19.2 Å². The van der Waals surface area contributed by atoms with Gasteiger partial charge in [-0.05, 0) is 23.5 Å². The van der Waals surface area contributed by atoms with Gasteiger partial charge in [0.2, 0.25) is 23.6 Å². The molecule has 2 saturated heterocycles. The van der Waals surface area contributed by atoms with Crippen LogP contribution < -0.4 is 0 Å². The molecule has 1 aromatic carbocycles. The first-order valence-corrected chi connectivity index (χ1v) is 9.49. The maximum absolute atomic E-state index is 12.9. The SMILES string of the molecule is C=CCN1C(=O)CC(C2CC3C(=O)N(CC=C)C(=O)C3c3ccccc32)C1=O. The lowest BCUT2D eigenvalue weighted by atomic mass is 9.67. The monoisotopic (exact) mass is 378 g/mol. The number of carbonyl (C=O) groups is 4. The van der Waals surface area contributed by atoms with Gasteiger partial charge < -0.3 is 0 Å². The third kappa shape index (κ3) is 2.55. The zero-order valence-electron chi connectivity index (χ0n) is 15.5. The van der Waals surface area contributed by atoms with Crippen molar-refractivity contribution >= 4 is 23.6 Å². The fourth-order valence-electron chi connectivity index (χ4n) is 4.94. The van der Waals surface area contributed by atoms with Crippen molar-refractivity contribution in [3.8, 4) is 0 Å². The van der Waals surface area contributed by atoms with Crippen LogP contribution >= 0.6 is 0 Å². The van der Waals surface area contributed by atoms with Crippen molar-refractivity contribution in [3.63, 3.8) is 0 Å². The maximum Gasteiger partial charge on any atom is 0.237 e. The van der Waals surface area contributed by atoms with Crippen molar-refractivity contribution in [1.82, 2.24) is 9.80 Å². The molecular formula is C22H22N2O4. The Kier molecular flexibility index (Phi) is 4.49. The van der Waals surface area contributed by atoms with Gasteiger partial charge >= 0.3 is 0 Å². The van der Waals surface area contributed by atoms with E-state index in [-0.39, 0.29) is 49.1 Å². The highest BCUT2D eigenvalue weighted by Gasteiger charge is 2.55. The van der Waals surface area contributed by atoms with Crippen LogP contribution in [0.1, 0.15) is 35.8 Å². The summed E-state index contributed by atoms with van der Waals surface area (Å²) in [5.74, 6) is -2.63. The average Bonchev–Trinajstić information content (AvgIpc) is 3.10. The summed E-state index contributed by atoms with van der Waals surface area (Å²) < 4.78 is 0. The lowest BCUT2D eigenvalue weighted by Gasteiger charge is -2.34. The predicted molar refractivity (Wildman–Crippen MR) is 102 cm³/mol. The second kappa shape index (κ2) is 6.86. The minimum Gasteiger partial charge on any atom is -0.278 e. The van der Waals surface area contributed by atoms with Gasteiger partial charge in [0.15, 0.2) is 0 Å². The number of benzene rings is 1. The lowest BCUT2D eigenvalue weighted by Crippen LogP contribution is -2.35. The van der Waals surface area contributed by atoms with Gasteiger partial charge in [-0.2, -0.15) is 0 Å². The Morgan fingerprint density at radius 3 is 2.11 bits per heavy atom. The van der Waals surface area contributed by atoms with Crippen LogP contribution in [-0.4, -0.2) is 46.5 Å². The van der Waals surface area contributed by atoms with Crippen molar-refractivity contribution in [2.75, 3.05) is 13.1 Å². The molecule has 0 saturated carbocycles. The maximum atomic E-state index is 12.9. The molecule has 0 spiro atoms. The fourth-order valence-corrected chi connectivity index (χ4v) is 4.94. The Balaban J connectivity index is 1.74. The summed E-state index contributed by atoms with van der Waals surface area (Å²) in [6, 6.07) is 7.50. The zero-order chi connectivity index (χ0) is 20.0. The van der Waals surface area contributed by atoms with E-state index in [9.17, 15) is 19.2 Å². The molecule has 144 valence electrons. The first-order chi connectivity index (χ1) is 13.5. The number of hydrogen-bond acceptors (Lipinski definition) is 4. The van der Waals surface area contributed by atoms with E-state index >= 15 is 0 Å². The summed E-state index contributed by atoms with van der Waals surface area (Å²) in [6.07, 6.45) is 3.60. The van der Waals surface area contributed by atoms with E-state index in [1.165, 1.54) is 15.9 Å². The van der Waals surface area contributed by atoms with Gasteiger partial charge in [-0.3, -0.25) is 29.0 Å². The molecule has 2 fully saturated rings. The number of carbonyl (C=O) groups excluding carboxylic acids is 4. The number of nitrogens with zero attached hydrogens (tertiary/aromatic N) is 2. The Hall–Kier alpha value is -3.02. The van der Waals surface area contributed by atoms with Gasteiger partial charge in [-0.15, -0.1) is 13.2 Å². The van der Waals surface area contributed by atoms with Gasteiger partial charge in [-0.1, -0.05) is 36.4 Å². The summed E-state index contributed by atoms with van der Waals surface area (Å²) in [5, 5.41) is 0. The normalized spacial score (nSPS) is 29.1. The number of imide groups is 2. The summed E-state index contributed by atoms with van der Waals surface area (Å²) >= 11 is 0. The molecule has 2 aliphatic heterocycles. The van der Waals surface area contributed by atoms with Crippen LogP contribution in [0.25, 0.3) is 0 Å². The highest BCUT2D eigenvalue weighted by atomic mass is 16.2. The second-order valence-electron chi connectivity index (χ2n) is 7.57. The van der Waals surface area contributed by atoms with E-state index in [0.29, 0.717) is 6.42 Å². The molecule has 6 nitrogen and oxygen atoms in total. The number of hydrogen-bond donors (Lipinski definition) is 0. The van der Waals surface area contributed by atoms with Crippen LogP contribution in [0.5, 0.6) is 0 Å². The summed E-state index contributed by atoms with van der Waals surface area (Å²) in [5.41, 5.74) is 1.70. The average molecular weight is 378 g/mol. The Bertz CT molecular complexity index is 906. The largest absolute Gasteiger partial charge is 0.278 e. The second-order valence-corrected chi connectivity index (χ2v) is 7.57. The molecule has 28 heavy (non-hydrogen) atoms. The van der Waals surface area contributed by atoms with E-state index in [2.05, 4.69) is 13.2 Å². The van der Waals surface area contributed by atoms with E-state index in [0.717, 1.165) is 11.1 Å². The molecule has 4 rings (SSSR count). The van der Waals surface area contributed by atoms with Crippen molar-refractivity contribution in [1.29, 1.82) is 0 Å².